The molecule has 0 radical (unpaired) electrons. The van der Waals surface area contributed by atoms with Crippen molar-refractivity contribution in [2.24, 2.45) is 0 Å². The minimum absolute atomic E-state index is 0.00529. The van der Waals surface area contributed by atoms with E-state index in [0.717, 1.165) is 22.4 Å². The Labute approximate surface area is 191 Å². The van der Waals surface area contributed by atoms with Crippen molar-refractivity contribution in [1.82, 2.24) is 15.6 Å². The highest BCUT2D eigenvalue weighted by Gasteiger charge is 2.11. The molecule has 9 heteroatoms. The number of aliphatic hydroxyl groups excluding tert-OH is 1. The highest BCUT2D eigenvalue weighted by atomic mass is 16.5. The highest BCUT2D eigenvalue weighted by Crippen LogP contribution is 2.18. The van der Waals surface area contributed by atoms with Gasteiger partial charge in [-0.15, -0.1) is 0 Å². The van der Waals surface area contributed by atoms with Gasteiger partial charge in [0.2, 0.25) is 5.91 Å². The number of hydrogen-bond donors (Lipinski definition) is 5. The topological polar surface area (TPSA) is 133 Å². The molecule has 0 saturated carbocycles. The van der Waals surface area contributed by atoms with Gasteiger partial charge < -0.3 is 20.5 Å². The Hall–Kier alpha value is -3.95. The Bertz CT molecular complexity index is 1040. The van der Waals surface area contributed by atoms with E-state index in [1.165, 1.54) is 0 Å². The van der Waals surface area contributed by atoms with Gasteiger partial charge >= 0.3 is 6.09 Å². The highest BCUT2D eigenvalue weighted by molar-refractivity contribution is 5.79. The van der Waals surface area contributed by atoms with Crippen LogP contribution in [0.25, 0.3) is 11.3 Å². The van der Waals surface area contributed by atoms with Crippen LogP contribution in [0.3, 0.4) is 0 Å². The van der Waals surface area contributed by atoms with Gasteiger partial charge in [0.1, 0.15) is 6.61 Å². The molecule has 2 amide bonds. The van der Waals surface area contributed by atoms with Crippen molar-refractivity contribution in [1.29, 1.82) is 0 Å². The summed E-state index contributed by atoms with van der Waals surface area (Å²) in [5, 5.41) is 23.9. The number of aliphatic hydroxyl groups is 1. The van der Waals surface area contributed by atoms with Crippen LogP contribution >= 0.6 is 0 Å². The molecule has 0 aliphatic heterocycles. The van der Waals surface area contributed by atoms with Crippen molar-refractivity contribution >= 4 is 17.7 Å². The van der Waals surface area contributed by atoms with Crippen molar-refractivity contribution in [2.45, 2.75) is 19.1 Å². The molecule has 1 heterocycles. The zero-order valence-electron chi connectivity index (χ0n) is 17.9. The third-order valence-corrected chi connectivity index (χ3v) is 4.72. The van der Waals surface area contributed by atoms with Crippen molar-refractivity contribution in [3.05, 3.63) is 84.1 Å². The number of anilines is 1. The monoisotopic (exact) mass is 450 g/mol. The van der Waals surface area contributed by atoms with Crippen LogP contribution in [0.5, 0.6) is 0 Å². The van der Waals surface area contributed by atoms with Crippen molar-refractivity contribution in [3.63, 3.8) is 0 Å². The first kappa shape index (κ1) is 23.7. The van der Waals surface area contributed by atoms with Crippen LogP contribution in [-0.4, -0.2) is 46.5 Å². The fourth-order valence-electron chi connectivity index (χ4n) is 3.00. The molecule has 0 aliphatic carbocycles. The fraction of sp³-hybridized carbons (Fsp3) is 0.208. The van der Waals surface area contributed by atoms with Gasteiger partial charge in [0.25, 0.3) is 0 Å². The molecule has 0 aliphatic rings. The predicted octanol–water partition coefficient (Wildman–Crippen LogP) is 2.50. The van der Waals surface area contributed by atoms with E-state index in [4.69, 9.17) is 9.94 Å². The van der Waals surface area contributed by atoms with Crippen LogP contribution < -0.4 is 16.1 Å². The van der Waals surface area contributed by atoms with Crippen LogP contribution in [0.15, 0.2) is 72.9 Å². The first-order valence-electron chi connectivity index (χ1n) is 10.4. The SMILES string of the molecule is O=C(Cc1cccc(-c2ccccn2)c1)NCC(O)CNC(=O)OCc1ccc(NO)cc1. The molecule has 0 saturated heterocycles. The molecule has 2 aromatic carbocycles. The summed E-state index contributed by atoms with van der Waals surface area (Å²) in [6.07, 6.45) is 0.229. The molecule has 9 nitrogen and oxygen atoms in total. The van der Waals surface area contributed by atoms with Crippen LogP contribution in [0.1, 0.15) is 11.1 Å². The Kier molecular flexibility index (Phi) is 8.75. The van der Waals surface area contributed by atoms with Gasteiger partial charge in [-0.1, -0.05) is 36.4 Å². The zero-order chi connectivity index (χ0) is 23.5. The molecular formula is C24H26N4O5. The normalized spacial score (nSPS) is 11.3. The summed E-state index contributed by atoms with van der Waals surface area (Å²) in [6.45, 7) is -0.0295. The number of alkyl carbamates (subject to hydrolysis) is 1. The van der Waals surface area contributed by atoms with Crippen molar-refractivity contribution in [3.8, 4) is 11.3 Å². The zero-order valence-corrected chi connectivity index (χ0v) is 17.9. The summed E-state index contributed by atoms with van der Waals surface area (Å²) in [4.78, 5) is 28.3. The van der Waals surface area contributed by atoms with Crippen LogP contribution in [0.2, 0.25) is 0 Å². The maximum Gasteiger partial charge on any atom is 0.407 e. The third kappa shape index (κ3) is 7.91. The van der Waals surface area contributed by atoms with E-state index in [0.29, 0.717) is 5.69 Å². The lowest BCUT2D eigenvalue weighted by Crippen LogP contribution is -2.40. The van der Waals surface area contributed by atoms with Crippen LogP contribution in [0.4, 0.5) is 10.5 Å². The maximum absolute atomic E-state index is 12.2. The van der Waals surface area contributed by atoms with E-state index in [1.807, 2.05) is 47.9 Å². The Morgan fingerprint density at radius 2 is 1.73 bits per heavy atom. The third-order valence-electron chi connectivity index (χ3n) is 4.72. The molecule has 172 valence electrons. The number of ether oxygens (including phenoxy) is 1. The van der Waals surface area contributed by atoms with E-state index in [-0.39, 0.29) is 32.0 Å². The molecule has 0 fully saturated rings. The van der Waals surface area contributed by atoms with Gasteiger partial charge in [0.05, 0.1) is 23.9 Å². The average molecular weight is 450 g/mol. The second-order valence-corrected chi connectivity index (χ2v) is 7.32. The number of aromatic nitrogens is 1. The molecule has 33 heavy (non-hydrogen) atoms. The number of benzene rings is 2. The number of amides is 2. The molecule has 1 aromatic heterocycles. The number of rotatable bonds is 10. The van der Waals surface area contributed by atoms with Crippen LogP contribution in [-0.2, 0) is 22.6 Å². The van der Waals surface area contributed by atoms with Gasteiger partial charge in [0.15, 0.2) is 0 Å². The largest absolute Gasteiger partial charge is 0.445 e. The molecule has 0 bridgehead atoms. The average Bonchev–Trinajstić information content (AvgIpc) is 2.86. The maximum atomic E-state index is 12.2. The first-order chi connectivity index (χ1) is 16.0. The molecular weight excluding hydrogens is 424 g/mol. The molecule has 1 atom stereocenters. The molecule has 3 aromatic rings. The van der Waals surface area contributed by atoms with Crippen molar-refractivity contribution < 1.29 is 24.6 Å². The smallest absolute Gasteiger partial charge is 0.407 e. The lowest BCUT2D eigenvalue weighted by molar-refractivity contribution is -0.120. The summed E-state index contributed by atoms with van der Waals surface area (Å²) in [5.41, 5.74) is 5.85. The van der Waals surface area contributed by atoms with E-state index in [2.05, 4.69) is 15.6 Å². The Balaban J connectivity index is 1.36. The summed E-state index contributed by atoms with van der Waals surface area (Å²) in [7, 11) is 0. The van der Waals surface area contributed by atoms with Gasteiger partial charge in [-0.25, -0.2) is 4.79 Å². The Morgan fingerprint density at radius 3 is 2.45 bits per heavy atom. The molecule has 5 N–H and O–H groups in total. The van der Waals surface area contributed by atoms with Gasteiger partial charge in [-0.2, -0.15) is 0 Å². The summed E-state index contributed by atoms with van der Waals surface area (Å²) < 4.78 is 5.07. The first-order valence-corrected chi connectivity index (χ1v) is 10.4. The fourth-order valence-corrected chi connectivity index (χ4v) is 3.00. The molecule has 1 unspecified atom stereocenters. The Morgan fingerprint density at radius 1 is 0.939 bits per heavy atom. The number of nitrogens with one attached hydrogen (secondary N) is 3. The second kappa shape index (κ2) is 12.2. The van der Waals surface area contributed by atoms with Crippen LogP contribution in [0, 0.1) is 0 Å². The molecule has 0 spiro atoms. The summed E-state index contributed by atoms with van der Waals surface area (Å²) in [6, 6.07) is 19.9. The number of carbonyl (C=O) groups is 2. The van der Waals surface area contributed by atoms with Gasteiger partial charge in [-0.3, -0.25) is 20.5 Å². The minimum atomic E-state index is -0.962. The van der Waals surface area contributed by atoms with E-state index in [9.17, 15) is 14.7 Å². The number of pyridine rings is 1. The lowest BCUT2D eigenvalue weighted by Gasteiger charge is -2.13. The summed E-state index contributed by atoms with van der Waals surface area (Å²) >= 11 is 0. The minimum Gasteiger partial charge on any atom is -0.445 e. The van der Waals surface area contributed by atoms with Gasteiger partial charge in [-0.05, 0) is 41.5 Å². The molecule has 3 rings (SSSR count). The number of nitrogens with zero attached hydrogens (tertiary/aromatic N) is 1. The standard InChI is InChI=1S/C24H26N4O5/c29-21(15-27-24(31)33-16-17-7-9-20(28-32)10-8-17)14-26-23(30)13-18-4-3-5-19(12-18)22-6-1-2-11-25-22/h1-12,21,28-29,32H,13-16H2,(H,26,30)(H,27,31). The van der Waals surface area contributed by atoms with Crippen molar-refractivity contribution in [2.75, 3.05) is 18.6 Å². The number of carbonyl (C=O) groups excluding carboxylic acids is 2. The second-order valence-electron chi connectivity index (χ2n) is 7.32. The van der Waals surface area contributed by atoms with E-state index < -0.39 is 12.2 Å². The van der Waals surface area contributed by atoms with Gasteiger partial charge in [0, 0.05) is 24.8 Å². The van der Waals surface area contributed by atoms with E-state index in [1.54, 1.807) is 30.5 Å². The quantitative estimate of drug-likeness (QED) is 0.300. The lowest BCUT2D eigenvalue weighted by atomic mass is 10.1. The predicted molar refractivity (Wildman–Crippen MR) is 122 cm³/mol. The summed E-state index contributed by atoms with van der Waals surface area (Å²) in [5.74, 6) is -0.240. The number of hydrogen-bond acceptors (Lipinski definition) is 7. The van der Waals surface area contributed by atoms with E-state index >= 15 is 0 Å².